The first-order chi connectivity index (χ1) is 15.8. The van der Waals surface area contributed by atoms with Crippen LogP contribution in [0.1, 0.15) is 30.4 Å². The van der Waals surface area contributed by atoms with Gasteiger partial charge in [-0.2, -0.15) is 4.31 Å². The molecule has 172 valence electrons. The summed E-state index contributed by atoms with van der Waals surface area (Å²) in [5.41, 5.74) is 0.736. The number of ether oxygens (including phenoxy) is 2. The number of nitrogens with zero attached hydrogens (tertiary/aromatic N) is 1. The lowest BCUT2D eigenvalue weighted by Gasteiger charge is -2.28. The number of hydrogen-bond donors (Lipinski definition) is 0. The van der Waals surface area contributed by atoms with Crippen LogP contribution in [0.15, 0.2) is 65.6 Å². The standard InChI is InChI=1S/C24H20F3NO4S/c25-18-8-4-16(5-9-18)24(17-6-10-19(26)11-7-17)31-21-14-20(27)23(15-22(21)32-24)33(29,30)28-12-2-1-3-13-28/h4-11,14-15H,1-3,12-13H2. The minimum absolute atomic E-state index is 0.0145. The molecule has 0 N–H and O–H groups in total. The Morgan fingerprint density at radius 1 is 0.727 bits per heavy atom. The normalized spacial score (nSPS) is 17.8. The number of benzene rings is 3. The van der Waals surface area contributed by atoms with Crippen LogP contribution >= 0.6 is 0 Å². The third-order valence-corrected chi connectivity index (χ3v) is 7.80. The van der Waals surface area contributed by atoms with Crippen molar-refractivity contribution in [2.75, 3.05) is 13.1 Å². The van der Waals surface area contributed by atoms with E-state index in [1.165, 1.54) is 52.8 Å². The van der Waals surface area contributed by atoms with Gasteiger partial charge in [0, 0.05) is 36.3 Å². The lowest BCUT2D eigenvalue weighted by molar-refractivity contribution is -0.0460. The summed E-state index contributed by atoms with van der Waals surface area (Å²) in [6.45, 7) is 0.649. The number of piperidine rings is 1. The van der Waals surface area contributed by atoms with Crippen molar-refractivity contribution >= 4 is 10.0 Å². The summed E-state index contributed by atoms with van der Waals surface area (Å²) >= 11 is 0. The highest BCUT2D eigenvalue weighted by atomic mass is 32.2. The zero-order valence-corrected chi connectivity index (χ0v) is 18.2. The Hall–Kier alpha value is -3.04. The smallest absolute Gasteiger partial charge is 0.305 e. The van der Waals surface area contributed by atoms with Crippen LogP contribution in [0.3, 0.4) is 0 Å². The fraction of sp³-hybridized carbons (Fsp3) is 0.250. The quantitative estimate of drug-likeness (QED) is 0.536. The first kappa shape index (κ1) is 21.8. The first-order valence-corrected chi connectivity index (χ1v) is 12.0. The Morgan fingerprint density at radius 2 is 1.21 bits per heavy atom. The molecule has 2 aliphatic heterocycles. The second kappa shape index (κ2) is 8.07. The highest BCUT2D eigenvalue weighted by molar-refractivity contribution is 7.89. The van der Waals surface area contributed by atoms with Crippen LogP contribution in [-0.2, 0) is 15.8 Å². The molecular weight excluding hydrogens is 455 g/mol. The third-order valence-electron chi connectivity index (χ3n) is 5.89. The van der Waals surface area contributed by atoms with Gasteiger partial charge in [0.1, 0.15) is 22.3 Å². The second-order valence-corrected chi connectivity index (χ2v) is 9.93. The molecule has 3 aromatic carbocycles. The van der Waals surface area contributed by atoms with Crippen LogP contribution in [0.5, 0.6) is 11.5 Å². The Kier molecular flexibility index (Phi) is 5.33. The second-order valence-electron chi connectivity index (χ2n) is 8.03. The molecule has 0 aromatic heterocycles. The molecule has 1 fully saturated rings. The Balaban J connectivity index is 1.60. The van der Waals surface area contributed by atoms with Crippen LogP contribution in [0.2, 0.25) is 0 Å². The number of fused-ring (bicyclic) bond motifs is 1. The van der Waals surface area contributed by atoms with Gasteiger partial charge in [0.15, 0.2) is 11.5 Å². The average molecular weight is 475 g/mol. The molecule has 2 heterocycles. The van der Waals surface area contributed by atoms with Gasteiger partial charge in [-0.3, -0.25) is 0 Å². The maximum Gasteiger partial charge on any atom is 0.305 e. The molecule has 5 nitrogen and oxygen atoms in total. The summed E-state index contributed by atoms with van der Waals surface area (Å²) in [5, 5.41) is 0. The van der Waals surface area contributed by atoms with Gasteiger partial charge in [0.05, 0.1) is 0 Å². The van der Waals surface area contributed by atoms with E-state index in [4.69, 9.17) is 9.47 Å². The molecule has 33 heavy (non-hydrogen) atoms. The fourth-order valence-corrected chi connectivity index (χ4v) is 5.77. The summed E-state index contributed by atoms with van der Waals surface area (Å²) < 4.78 is 81.8. The number of sulfonamides is 1. The topological polar surface area (TPSA) is 55.8 Å². The van der Waals surface area contributed by atoms with Crippen molar-refractivity contribution in [1.82, 2.24) is 4.31 Å². The Labute approximate surface area is 189 Å². The number of hydrogen-bond acceptors (Lipinski definition) is 4. The summed E-state index contributed by atoms with van der Waals surface area (Å²) in [5.74, 6) is -3.60. The van der Waals surface area contributed by atoms with Gasteiger partial charge < -0.3 is 9.47 Å². The van der Waals surface area contributed by atoms with Crippen molar-refractivity contribution in [3.05, 3.63) is 89.2 Å². The summed E-state index contributed by atoms with van der Waals surface area (Å²) in [7, 11) is -4.07. The van der Waals surface area contributed by atoms with Crippen LogP contribution in [-0.4, -0.2) is 25.8 Å². The van der Waals surface area contributed by atoms with Gasteiger partial charge in [-0.1, -0.05) is 6.42 Å². The lowest BCUT2D eigenvalue weighted by atomic mass is 9.97. The molecular formula is C24H20F3NO4S. The van der Waals surface area contributed by atoms with Gasteiger partial charge in [-0.15, -0.1) is 0 Å². The fourth-order valence-electron chi connectivity index (χ4n) is 4.19. The molecule has 0 amide bonds. The predicted octanol–water partition coefficient (Wildman–Crippen LogP) is 4.95. The van der Waals surface area contributed by atoms with Crippen molar-refractivity contribution in [2.45, 2.75) is 29.9 Å². The predicted molar refractivity (Wildman–Crippen MR) is 114 cm³/mol. The van der Waals surface area contributed by atoms with Crippen LogP contribution < -0.4 is 9.47 Å². The number of rotatable bonds is 4. The average Bonchev–Trinajstić information content (AvgIpc) is 3.19. The van der Waals surface area contributed by atoms with Gasteiger partial charge in [0.2, 0.25) is 10.0 Å². The first-order valence-electron chi connectivity index (χ1n) is 10.5. The molecule has 0 atom stereocenters. The largest absolute Gasteiger partial charge is 0.440 e. The Morgan fingerprint density at radius 3 is 1.73 bits per heavy atom. The Bertz CT molecular complexity index is 1240. The monoisotopic (exact) mass is 475 g/mol. The maximum absolute atomic E-state index is 15.0. The van der Waals surface area contributed by atoms with Crippen LogP contribution in [0.25, 0.3) is 0 Å². The molecule has 0 saturated carbocycles. The molecule has 9 heteroatoms. The lowest BCUT2D eigenvalue weighted by Crippen LogP contribution is -2.37. The van der Waals surface area contributed by atoms with Gasteiger partial charge in [-0.05, 0) is 61.4 Å². The molecule has 3 aromatic rings. The van der Waals surface area contributed by atoms with E-state index in [-0.39, 0.29) is 11.5 Å². The summed E-state index contributed by atoms with van der Waals surface area (Å²) in [6.07, 6.45) is 2.35. The van der Waals surface area contributed by atoms with Crippen LogP contribution in [0, 0.1) is 17.5 Å². The molecule has 0 aliphatic carbocycles. The van der Waals surface area contributed by atoms with E-state index in [0.29, 0.717) is 37.1 Å². The maximum atomic E-state index is 15.0. The van der Waals surface area contributed by atoms with E-state index in [0.717, 1.165) is 18.6 Å². The SMILES string of the molecule is O=S(=O)(c1cc2c(cc1F)OC(c1ccc(F)cc1)(c1ccc(F)cc1)O2)N1CCCCC1. The molecule has 1 saturated heterocycles. The molecule has 0 radical (unpaired) electrons. The highest BCUT2D eigenvalue weighted by Gasteiger charge is 2.46. The van der Waals surface area contributed by atoms with Crippen molar-refractivity contribution in [1.29, 1.82) is 0 Å². The minimum Gasteiger partial charge on any atom is -0.440 e. The molecule has 0 bridgehead atoms. The van der Waals surface area contributed by atoms with Crippen molar-refractivity contribution in [2.24, 2.45) is 0 Å². The summed E-state index contributed by atoms with van der Waals surface area (Å²) in [4.78, 5) is -0.499. The highest BCUT2D eigenvalue weighted by Crippen LogP contribution is 2.49. The van der Waals surface area contributed by atoms with E-state index < -0.39 is 38.2 Å². The molecule has 0 unspecified atom stereocenters. The summed E-state index contributed by atoms with van der Waals surface area (Å²) in [6, 6.07) is 12.7. The third kappa shape index (κ3) is 3.75. The van der Waals surface area contributed by atoms with E-state index in [2.05, 4.69) is 0 Å². The molecule has 5 rings (SSSR count). The van der Waals surface area contributed by atoms with Gasteiger partial charge >= 0.3 is 5.79 Å². The van der Waals surface area contributed by atoms with E-state index in [1.54, 1.807) is 0 Å². The van der Waals surface area contributed by atoms with Crippen molar-refractivity contribution in [3.63, 3.8) is 0 Å². The van der Waals surface area contributed by atoms with Crippen LogP contribution in [0.4, 0.5) is 13.2 Å². The van der Waals surface area contributed by atoms with Crippen molar-refractivity contribution < 1.29 is 31.1 Å². The van der Waals surface area contributed by atoms with Crippen molar-refractivity contribution in [3.8, 4) is 11.5 Å². The minimum atomic E-state index is -4.07. The zero-order chi connectivity index (χ0) is 23.2. The molecule has 2 aliphatic rings. The van der Waals surface area contributed by atoms with E-state index >= 15 is 4.39 Å². The van der Waals surface area contributed by atoms with Gasteiger partial charge in [-0.25, -0.2) is 21.6 Å². The number of halogens is 3. The molecule has 0 spiro atoms. The van der Waals surface area contributed by atoms with Gasteiger partial charge in [0.25, 0.3) is 0 Å². The van der Waals surface area contributed by atoms with E-state index in [9.17, 15) is 17.2 Å². The zero-order valence-electron chi connectivity index (χ0n) is 17.4. The van der Waals surface area contributed by atoms with E-state index in [1.807, 2.05) is 0 Å².